The first kappa shape index (κ1) is 14.8. The molecule has 6 heteroatoms. The zero-order valence-corrected chi connectivity index (χ0v) is 12.9. The van der Waals surface area contributed by atoms with Gasteiger partial charge in [-0.25, -0.2) is 13.2 Å². The number of carbonyl (C=O) groups is 1. The summed E-state index contributed by atoms with van der Waals surface area (Å²) in [6.45, 7) is 5.44. The minimum absolute atomic E-state index is 0.104. The van der Waals surface area contributed by atoms with Crippen molar-refractivity contribution in [2.75, 3.05) is 17.7 Å². The van der Waals surface area contributed by atoms with Crippen molar-refractivity contribution in [3.05, 3.63) is 29.8 Å². The number of fused-ring (bicyclic) bond motifs is 1. The van der Waals surface area contributed by atoms with Gasteiger partial charge in [-0.2, -0.15) is 0 Å². The van der Waals surface area contributed by atoms with Gasteiger partial charge < -0.3 is 4.74 Å². The highest BCUT2D eigenvalue weighted by Crippen LogP contribution is 2.39. The summed E-state index contributed by atoms with van der Waals surface area (Å²) in [5.74, 6) is 0. The van der Waals surface area contributed by atoms with Gasteiger partial charge >= 0.3 is 6.09 Å². The molecule has 0 bridgehead atoms. The van der Waals surface area contributed by atoms with E-state index in [9.17, 15) is 13.2 Å². The number of nitrogens with zero attached hydrogens (tertiary/aromatic N) is 1. The molecular formula is C14H19NO4S. The van der Waals surface area contributed by atoms with Crippen LogP contribution in [0.15, 0.2) is 24.3 Å². The molecule has 1 aliphatic rings. The summed E-state index contributed by atoms with van der Waals surface area (Å²) in [6.07, 6.45) is 0.670. The van der Waals surface area contributed by atoms with Crippen LogP contribution in [0.5, 0.6) is 0 Å². The number of amides is 1. The second kappa shape index (κ2) is 4.77. The molecule has 5 nitrogen and oxygen atoms in total. The quantitative estimate of drug-likeness (QED) is 0.799. The Morgan fingerprint density at radius 3 is 2.45 bits per heavy atom. The number of anilines is 1. The van der Waals surface area contributed by atoms with Crippen molar-refractivity contribution in [3.63, 3.8) is 0 Å². The van der Waals surface area contributed by atoms with Crippen LogP contribution < -0.4 is 4.90 Å². The van der Waals surface area contributed by atoms with Gasteiger partial charge in [-0.15, -0.1) is 0 Å². The second-order valence-corrected chi connectivity index (χ2v) is 8.20. The van der Waals surface area contributed by atoms with E-state index in [-0.39, 0.29) is 6.54 Å². The van der Waals surface area contributed by atoms with Crippen LogP contribution in [0, 0.1) is 0 Å². The van der Waals surface area contributed by atoms with Gasteiger partial charge in [-0.1, -0.05) is 18.2 Å². The number of carbonyl (C=O) groups excluding carboxylic acids is 1. The third kappa shape index (κ3) is 2.95. The maximum atomic E-state index is 12.2. The standard InChI is InChI=1S/C14H19NO4S/c1-14(2,3)19-13(16)15-9-12(20(4,17)18)10-7-5-6-8-11(10)15/h5-8,12H,9H2,1-4H3. The van der Waals surface area contributed by atoms with Gasteiger partial charge in [0.05, 0.1) is 12.2 Å². The molecule has 1 heterocycles. The molecule has 0 fully saturated rings. The SMILES string of the molecule is CC(C)(C)OC(=O)N1CC(S(C)(=O)=O)c2ccccc21. The van der Waals surface area contributed by atoms with E-state index in [1.165, 1.54) is 11.2 Å². The van der Waals surface area contributed by atoms with Gasteiger partial charge in [0.15, 0.2) is 9.84 Å². The van der Waals surface area contributed by atoms with Gasteiger partial charge in [-0.3, -0.25) is 4.90 Å². The highest BCUT2D eigenvalue weighted by Gasteiger charge is 2.39. The van der Waals surface area contributed by atoms with Crippen LogP contribution in [0.3, 0.4) is 0 Å². The van der Waals surface area contributed by atoms with Crippen LogP contribution in [0.1, 0.15) is 31.6 Å². The lowest BCUT2D eigenvalue weighted by molar-refractivity contribution is 0.0584. The second-order valence-electron chi connectivity index (χ2n) is 5.97. The average molecular weight is 297 g/mol. The van der Waals surface area contributed by atoms with Crippen LogP contribution in [-0.2, 0) is 14.6 Å². The third-order valence-corrected chi connectivity index (χ3v) is 4.49. The Morgan fingerprint density at radius 1 is 1.30 bits per heavy atom. The predicted octanol–water partition coefficient (Wildman–Crippen LogP) is 2.53. The zero-order valence-electron chi connectivity index (χ0n) is 12.1. The maximum Gasteiger partial charge on any atom is 0.414 e. The van der Waals surface area contributed by atoms with E-state index in [1.807, 2.05) is 0 Å². The lowest BCUT2D eigenvalue weighted by Gasteiger charge is -2.24. The summed E-state index contributed by atoms with van der Waals surface area (Å²) in [5.41, 5.74) is 0.646. The van der Waals surface area contributed by atoms with E-state index >= 15 is 0 Å². The Labute approximate surface area is 119 Å². The van der Waals surface area contributed by atoms with Crippen LogP contribution in [0.2, 0.25) is 0 Å². The minimum Gasteiger partial charge on any atom is -0.443 e. The summed E-state index contributed by atoms with van der Waals surface area (Å²) in [4.78, 5) is 13.6. The van der Waals surface area contributed by atoms with Crippen molar-refractivity contribution in [1.29, 1.82) is 0 Å². The molecular weight excluding hydrogens is 278 g/mol. The van der Waals surface area contributed by atoms with Gasteiger partial charge in [0.2, 0.25) is 0 Å². The number of hydrogen-bond acceptors (Lipinski definition) is 4. The molecule has 0 aromatic heterocycles. The van der Waals surface area contributed by atoms with Gasteiger partial charge in [0, 0.05) is 6.26 Å². The Hall–Kier alpha value is -1.56. The Morgan fingerprint density at radius 2 is 1.90 bits per heavy atom. The summed E-state index contributed by atoms with van der Waals surface area (Å²) in [6, 6.07) is 7.03. The lowest BCUT2D eigenvalue weighted by atomic mass is 10.2. The summed E-state index contributed by atoms with van der Waals surface area (Å²) < 4.78 is 29.1. The molecule has 0 N–H and O–H groups in total. The fourth-order valence-corrected chi connectivity index (χ4v) is 3.30. The lowest BCUT2D eigenvalue weighted by Crippen LogP contribution is -2.36. The Balaban J connectivity index is 2.37. The van der Waals surface area contributed by atoms with Crippen LogP contribution in [-0.4, -0.2) is 32.9 Å². The smallest absolute Gasteiger partial charge is 0.414 e. The van der Waals surface area contributed by atoms with E-state index in [4.69, 9.17) is 4.74 Å². The topological polar surface area (TPSA) is 63.7 Å². The number of benzene rings is 1. The minimum atomic E-state index is -3.28. The molecule has 0 spiro atoms. The van der Waals surface area contributed by atoms with Crippen LogP contribution >= 0.6 is 0 Å². The molecule has 1 amide bonds. The molecule has 110 valence electrons. The summed E-state index contributed by atoms with van der Waals surface area (Å²) in [7, 11) is -3.28. The van der Waals surface area contributed by atoms with Gasteiger partial charge in [0.1, 0.15) is 10.9 Å². The largest absolute Gasteiger partial charge is 0.443 e. The van der Waals surface area contributed by atoms with Crippen molar-refractivity contribution < 1.29 is 17.9 Å². The van der Waals surface area contributed by atoms with E-state index in [0.717, 1.165) is 0 Å². The Bertz CT molecular complexity index is 631. The van der Waals surface area contributed by atoms with Crippen molar-refractivity contribution in [3.8, 4) is 0 Å². The molecule has 1 aromatic carbocycles. The van der Waals surface area contributed by atoms with E-state index in [1.54, 1.807) is 45.0 Å². The molecule has 0 saturated heterocycles. The van der Waals surface area contributed by atoms with Crippen molar-refractivity contribution in [1.82, 2.24) is 0 Å². The molecule has 0 saturated carbocycles. The highest BCUT2D eigenvalue weighted by molar-refractivity contribution is 7.91. The van der Waals surface area contributed by atoms with Crippen LogP contribution in [0.25, 0.3) is 0 Å². The molecule has 1 atom stereocenters. The monoisotopic (exact) mass is 297 g/mol. The summed E-state index contributed by atoms with van der Waals surface area (Å²) >= 11 is 0. The first-order valence-electron chi connectivity index (χ1n) is 6.38. The molecule has 2 rings (SSSR count). The highest BCUT2D eigenvalue weighted by atomic mass is 32.2. The third-order valence-electron chi connectivity index (χ3n) is 3.05. The molecule has 1 aliphatic heterocycles. The molecule has 0 radical (unpaired) electrons. The first-order chi connectivity index (χ1) is 9.09. The van der Waals surface area contributed by atoms with Crippen molar-refractivity contribution >= 4 is 21.6 Å². The maximum absolute atomic E-state index is 12.2. The predicted molar refractivity (Wildman–Crippen MR) is 77.6 cm³/mol. The number of hydrogen-bond donors (Lipinski definition) is 0. The van der Waals surface area contributed by atoms with Crippen LogP contribution in [0.4, 0.5) is 10.5 Å². The average Bonchev–Trinajstić information content (AvgIpc) is 2.65. The van der Waals surface area contributed by atoms with Gasteiger partial charge in [-0.05, 0) is 32.4 Å². The Kier molecular flexibility index (Phi) is 3.54. The number of sulfone groups is 1. The summed E-state index contributed by atoms with van der Waals surface area (Å²) in [5, 5.41) is -0.689. The van der Waals surface area contributed by atoms with Crippen molar-refractivity contribution in [2.45, 2.75) is 31.6 Å². The number of ether oxygens (including phenoxy) is 1. The first-order valence-corrected chi connectivity index (χ1v) is 8.33. The molecule has 1 aromatic rings. The molecule has 1 unspecified atom stereocenters. The van der Waals surface area contributed by atoms with Gasteiger partial charge in [0.25, 0.3) is 0 Å². The van der Waals surface area contributed by atoms with E-state index in [0.29, 0.717) is 11.3 Å². The van der Waals surface area contributed by atoms with E-state index < -0.39 is 26.8 Å². The fourth-order valence-electron chi connectivity index (χ4n) is 2.22. The number of rotatable bonds is 1. The molecule has 0 aliphatic carbocycles. The van der Waals surface area contributed by atoms with Crippen molar-refractivity contribution in [2.24, 2.45) is 0 Å². The zero-order chi connectivity index (χ0) is 15.1. The molecule has 20 heavy (non-hydrogen) atoms. The number of para-hydroxylation sites is 1. The normalized spacial score (nSPS) is 18.8. The fraction of sp³-hybridized carbons (Fsp3) is 0.500. The van der Waals surface area contributed by atoms with E-state index in [2.05, 4.69) is 0 Å².